The maximum absolute atomic E-state index is 13.3. The van der Waals surface area contributed by atoms with Crippen LogP contribution >= 0.6 is 0 Å². The van der Waals surface area contributed by atoms with Gasteiger partial charge in [0.25, 0.3) is 5.78 Å². The molecule has 3 aromatic rings. The number of aliphatic hydroxyl groups is 1. The largest absolute Gasteiger partial charge is 0.507 e. The van der Waals surface area contributed by atoms with Crippen LogP contribution in [-0.2, 0) is 9.59 Å². The second-order valence-electron chi connectivity index (χ2n) is 7.92. The highest BCUT2D eigenvalue weighted by molar-refractivity contribution is 6.51. The van der Waals surface area contributed by atoms with Crippen molar-refractivity contribution in [2.24, 2.45) is 0 Å². The highest BCUT2D eigenvalue weighted by Crippen LogP contribution is 2.47. The number of hydrogen-bond donors (Lipinski definition) is 1. The fourth-order valence-corrected chi connectivity index (χ4v) is 4.04. The molecular weight excluding hydrogens is 452 g/mol. The number of anilines is 1. The summed E-state index contributed by atoms with van der Waals surface area (Å²) in [5, 5.41) is 15.2. The van der Waals surface area contributed by atoms with Crippen molar-refractivity contribution in [3.63, 3.8) is 0 Å². The topological polar surface area (TPSA) is 111 Å². The van der Waals surface area contributed by atoms with Crippen molar-refractivity contribution in [2.75, 3.05) is 25.7 Å². The number of aryl methyl sites for hydroxylation is 1. The van der Waals surface area contributed by atoms with E-state index in [1.165, 1.54) is 19.1 Å². The van der Waals surface area contributed by atoms with Crippen molar-refractivity contribution in [3.8, 4) is 17.2 Å². The number of methoxy groups -OCH3 is 2. The summed E-state index contributed by atoms with van der Waals surface area (Å²) in [7, 11) is 2.95. The molecule has 2 aromatic carbocycles. The van der Waals surface area contributed by atoms with Gasteiger partial charge in [0.15, 0.2) is 17.3 Å². The number of nitrogens with zero attached hydrogens (tertiary/aromatic N) is 2. The fraction of sp³-hybridized carbons (Fsp3) is 0.269. The number of Topliss-reactive ketones (excluding diaryl/α,β-unsaturated/α-hetero) is 1. The minimum Gasteiger partial charge on any atom is -0.507 e. The van der Waals surface area contributed by atoms with Crippen LogP contribution in [-0.4, -0.2) is 42.8 Å². The molecule has 35 heavy (non-hydrogen) atoms. The number of carbonyl (C=O) groups is 2. The van der Waals surface area contributed by atoms with Crippen molar-refractivity contribution >= 4 is 23.3 Å². The molecule has 1 aliphatic heterocycles. The van der Waals surface area contributed by atoms with Crippen LogP contribution in [0.2, 0.25) is 0 Å². The highest BCUT2D eigenvalue weighted by atomic mass is 16.5. The third-order valence-electron chi connectivity index (χ3n) is 5.64. The summed E-state index contributed by atoms with van der Waals surface area (Å²) in [6.07, 6.45) is 0.856. The van der Waals surface area contributed by atoms with E-state index in [4.69, 9.17) is 18.7 Å². The van der Waals surface area contributed by atoms with Gasteiger partial charge in [-0.3, -0.25) is 14.5 Å². The smallest absolute Gasteiger partial charge is 0.301 e. The lowest BCUT2D eigenvalue weighted by Crippen LogP contribution is -2.30. The molecule has 182 valence electrons. The molecule has 1 aliphatic rings. The Labute approximate surface area is 202 Å². The van der Waals surface area contributed by atoms with Crippen LogP contribution in [0.15, 0.2) is 58.6 Å². The van der Waals surface area contributed by atoms with E-state index < -0.39 is 17.7 Å². The SMILES string of the molecule is CCCOc1ccc(/C(O)=C2\C(=O)C(=O)N(c3cc(C)on3)[C@@H]2c2cccc(OC)c2OC)cc1. The van der Waals surface area contributed by atoms with Crippen LogP contribution in [0.3, 0.4) is 0 Å². The molecule has 0 saturated carbocycles. The first-order valence-corrected chi connectivity index (χ1v) is 11.1. The normalized spacial score (nSPS) is 17.0. The van der Waals surface area contributed by atoms with E-state index in [-0.39, 0.29) is 17.2 Å². The number of aliphatic hydroxyl groups excluding tert-OH is 1. The highest BCUT2D eigenvalue weighted by Gasteiger charge is 2.49. The molecular formula is C26H26N2O7. The zero-order chi connectivity index (χ0) is 25.1. The standard InChI is InChI=1S/C26H26N2O7/c1-5-13-34-17-11-9-16(10-12-17)23(29)21-22(18-7-6-8-19(32-3)25(18)33-4)28(26(31)24(21)30)20-14-15(2)35-27-20/h6-12,14,22,29H,5,13H2,1-4H3/b23-21+/t22-/m1/s1. The van der Waals surface area contributed by atoms with Gasteiger partial charge in [0, 0.05) is 17.2 Å². The summed E-state index contributed by atoms with van der Waals surface area (Å²) >= 11 is 0. The molecule has 1 amide bonds. The third-order valence-corrected chi connectivity index (χ3v) is 5.64. The van der Waals surface area contributed by atoms with Crippen LogP contribution in [0.25, 0.3) is 5.76 Å². The Morgan fingerprint density at radius 1 is 1.11 bits per heavy atom. The van der Waals surface area contributed by atoms with E-state index in [2.05, 4.69) is 5.16 Å². The number of ketones is 1. The first-order valence-electron chi connectivity index (χ1n) is 11.1. The van der Waals surface area contributed by atoms with Gasteiger partial charge >= 0.3 is 5.91 Å². The van der Waals surface area contributed by atoms with Crippen molar-refractivity contribution < 1.29 is 33.4 Å². The van der Waals surface area contributed by atoms with E-state index in [1.54, 1.807) is 55.5 Å². The Hall–Kier alpha value is -4.27. The number of rotatable bonds is 8. The van der Waals surface area contributed by atoms with Crippen LogP contribution in [0, 0.1) is 6.92 Å². The predicted molar refractivity (Wildman–Crippen MR) is 128 cm³/mol. The van der Waals surface area contributed by atoms with E-state index in [9.17, 15) is 14.7 Å². The summed E-state index contributed by atoms with van der Waals surface area (Å²) in [6, 6.07) is 12.3. The van der Waals surface area contributed by atoms with E-state index in [1.807, 2.05) is 6.92 Å². The summed E-state index contributed by atoms with van der Waals surface area (Å²) in [6.45, 7) is 4.24. The summed E-state index contributed by atoms with van der Waals surface area (Å²) in [4.78, 5) is 27.7. The Kier molecular flexibility index (Phi) is 6.77. The molecule has 0 bridgehead atoms. The molecule has 0 unspecified atom stereocenters. The van der Waals surface area contributed by atoms with Crippen LogP contribution in [0.4, 0.5) is 5.82 Å². The number of ether oxygens (including phenoxy) is 3. The lowest BCUT2D eigenvalue weighted by molar-refractivity contribution is -0.132. The number of hydrogen-bond acceptors (Lipinski definition) is 8. The molecule has 9 nitrogen and oxygen atoms in total. The van der Waals surface area contributed by atoms with Crippen LogP contribution in [0.5, 0.6) is 17.2 Å². The molecule has 2 heterocycles. The average molecular weight is 479 g/mol. The molecule has 1 saturated heterocycles. The lowest BCUT2D eigenvalue weighted by atomic mass is 9.94. The second kappa shape index (κ2) is 9.92. The fourth-order valence-electron chi connectivity index (χ4n) is 4.04. The molecule has 0 radical (unpaired) electrons. The molecule has 0 spiro atoms. The average Bonchev–Trinajstić information content (AvgIpc) is 3.42. The maximum atomic E-state index is 13.3. The van der Waals surface area contributed by atoms with Crippen molar-refractivity contribution in [1.29, 1.82) is 0 Å². The molecule has 1 N–H and O–H groups in total. The monoisotopic (exact) mass is 478 g/mol. The van der Waals surface area contributed by atoms with E-state index in [0.29, 0.717) is 40.7 Å². The van der Waals surface area contributed by atoms with Gasteiger partial charge in [-0.1, -0.05) is 24.2 Å². The van der Waals surface area contributed by atoms with Crippen molar-refractivity contribution in [3.05, 3.63) is 71.0 Å². The Bertz CT molecular complexity index is 1280. The van der Waals surface area contributed by atoms with E-state index >= 15 is 0 Å². The van der Waals surface area contributed by atoms with Gasteiger partial charge in [0.2, 0.25) is 0 Å². The Morgan fingerprint density at radius 2 is 1.86 bits per heavy atom. The van der Waals surface area contributed by atoms with Crippen LogP contribution < -0.4 is 19.1 Å². The Morgan fingerprint density at radius 3 is 2.46 bits per heavy atom. The number of para-hydroxylation sites is 1. The Balaban J connectivity index is 1.91. The number of carbonyl (C=O) groups excluding carboxylic acids is 2. The number of aromatic nitrogens is 1. The third kappa shape index (κ3) is 4.32. The maximum Gasteiger partial charge on any atom is 0.301 e. The zero-order valence-electron chi connectivity index (χ0n) is 19.9. The molecule has 1 fully saturated rings. The molecule has 1 atom stereocenters. The molecule has 9 heteroatoms. The molecule has 4 rings (SSSR count). The summed E-state index contributed by atoms with van der Waals surface area (Å²) in [5.41, 5.74) is 0.690. The summed E-state index contributed by atoms with van der Waals surface area (Å²) in [5.74, 6) is -0.0775. The van der Waals surface area contributed by atoms with Gasteiger partial charge in [-0.15, -0.1) is 0 Å². The van der Waals surface area contributed by atoms with Gasteiger partial charge < -0.3 is 23.8 Å². The van der Waals surface area contributed by atoms with Gasteiger partial charge in [-0.2, -0.15) is 0 Å². The van der Waals surface area contributed by atoms with Crippen molar-refractivity contribution in [1.82, 2.24) is 5.16 Å². The first kappa shape index (κ1) is 23.9. The van der Waals surface area contributed by atoms with E-state index in [0.717, 1.165) is 6.42 Å². The van der Waals surface area contributed by atoms with Gasteiger partial charge in [0.05, 0.1) is 26.4 Å². The molecule has 0 aliphatic carbocycles. The van der Waals surface area contributed by atoms with Crippen LogP contribution in [0.1, 0.15) is 36.3 Å². The quantitative estimate of drug-likeness (QED) is 0.288. The van der Waals surface area contributed by atoms with Gasteiger partial charge in [-0.05, 0) is 43.7 Å². The number of amides is 1. The van der Waals surface area contributed by atoms with Gasteiger partial charge in [-0.25, -0.2) is 0 Å². The predicted octanol–water partition coefficient (Wildman–Crippen LogP) is 4.42. The lowest BCUT2D eigenvalue weighted by Gasteiger charge is -2.25. The first-order chi connectivity index (χ1) is 16.9. The van der Waals surface area contributed by atoms with Crippen molar-refractivity contribution in [2.45, 2.75) is 26.3 Å². The second-order valence-corrected chi connectivity index (χ2v) is 7.92. The molecule has 1 aromatic heterocycles. The zero-order valence-corrected chi connectivity index (χ0v) is 19.9. The number of benzene rings is 2. The summed E-state index contributed by atoms with van der Waals surface area (Å²) < 4.78 is 21.8. The van der Waals surface area contributed by atoms with Gasteiger partial charge in [0.1, 0.15) is 23.3 Å². The minimum atomic E-state index is -1.04. The minimum absolute atomic E-state index is 0.107.